The third kappa shape index (κ3) is 1.69. The smallest absolute Gasteiger partial charge is 0.367 e. The second-order valence-electron chi connectivity index (χ2n) is 3.78. The summed E-state index contributed by atoms with van der Waals surface area (Å²) in [4.78, 5) is 18.9. The normalized spacial score (nSPS) is 10.7. The highest BCUT2D eigenvalue weighted by atomic mass is 32.1. The molecule has 3 rings (SSSR count). The number of benzene rings is 1. The second-order valence-corrected chi connectivity index (χ2v) is 4.64. The fourth-order valence-electron chi connectivity index (χ4n) is 1.86. The number of fused-ring (bicyclic) bond motifs is 1. The molecule has 0 atom stereocenters. The predicted octanol–water partition coefficient (Wildman–Crippen LogP) is 3.08. The lowest BCUT2D eigenvalue weighted by Gasteiger charge is -1.94. The third-order valence-corrected chi connectivity index (χ3v) is 3.55. The lowest BCUT2D eigenvalue weighted by atomic mass is 10.1. The van der Waals surface area contributed by atoms with Gasteiger partial charge in [0, 0.05) is 28.0 Å². The first kappa shape index (κ1) is 11.0. The molecule has 0 bridgehead atoms. The number of esters is 1. The van der Waals surface area contributed by atoms with Crippen molar-refractivity contribution in [3.63, 3.8) is 0 Å². The van der Waals surface area contributed by atoms with Crippen LogP contribution >= 0.6 is 11.3 Å². The van der Waals surface area contributed by atoms with Crippen molar-refractivity contribution in [2.75, 3.05) is 7.11 Å². The summed E-state index contributed by atoms with van der Waals surface area (Å²) >= 11 is 1.29. The maximum absolute atomic E-state index is 11.4. The summed E-state index contributed by atoms with van der Waals surface area (Å²) in [5.41, 5.74) is 2.84. The zero-order valence-corrected chi connectivity index (χ0v) is 10.5. The van der Waals surface area contributed by atoms with Crippen LogP contribution in [-0.2, 0) is 4.74 Å². The van der Waals surface area contributed by atoms with E-state index in [0.29, 0.717) is 5.01 Å². The number of nitrogens with one attached hydrogen (secondary N) is 1. The van der Waals surface area contributed by atoms with Crippen LogP contribution in [0.25, 0.3) is 22.2 Å². The van der Waals surface area contributed by atoms with Crippen LogP contribution in [0.1, 0.15) is 9.80 Å². The highest BCUT2D eigenvalue weighted by Crippen LogP contribution is 2.29. The van der Waals surface area contributed by atoms with E-state index in [2.05, 4.69) is 14.7 Å². The lowest BCUT2D eigenvalue weighted by Crippen LogP contribution is -1.99. The van der Waals surface area contributed by atoms with Gasteiger partial charge in [0.1, 0.15) is 0 Å². The molecule has 0 saturated heterocycles. The van der Waals surface area contributed by atoms with Gasteiger partial charge in [0.2, 0.25) is 5.01 Å². The molecule has 0 unspecified atom stereocenters. The number of aromatic amines is 1. The summed E-state index contributed by atoms with van der Waals surface area (Å²) in [7, 11) is 1.36. The molecule has 90 valence electrons. The summed E-state index contributed by atoms with van der Waals surface area (Å²) in [6, 6.07) is 7.99. The summed E-state index contributed by atoms with van der Waals surface area (Å²) in [5.74, 6) is -0.397. The van der Waals surface area contributed by atoms with Crippen molar-refractivity contribution in [1.29, 1.82) is 0 Å². The van der Waals surface area contributed by atoms with E-state index in [1.54, 1.807) is 0 Å². The molecule has 2 heterocycles. The highest BCUT2D eigenvalue weighted by molar-refractivity contribution is 7.11. The maximum atomic E-state index is 11.4. The molecule has 18 heavy (non-hydrogen) atoms. The van der Waals surface area contributed by atoms with Gasteiger partial charge >= 0.3 is 5.97 Å². The number of para-hydroxylation sites is 1. The monoisotopic (exact) mass is 258 g/mol. The van der Waals surface area contributed by atoms with Crippen LogP contribution in [0.2, 0.25) is 0 Å². The van der Waals surface area contributed by atoms with Crippen molar-refractivity contribution in [3.8, 4) is 11.3 Å². The van der Waals surface area contributed by atoms with Crippen molar-refractivity contribution >= 4 is 28.2 Å². The number of thiazole rings is 1. The van der Waals surface area contributed by atoms with Gasteiger partial charge < -0.3 is 9.72 Å². The van der Waals surface area contributed by atoms with Crippen LogP contribution in [-0.4, -0.2) is 23.0 Å². The topological polar surface area (TPSA) is 55.0 Å². The first-order chi connectivity index (χ1) is 8.79. The van der Waals surface area contributed by atoms with E-state index >= 15 is 0 Å². The van der Waals surface area contributed by atoms with Gasteiger partial charge in [0.15, 0.2) is 0 Å². The highest BCUT2D eigenvalue weighted by Gasteiger charge is 2.14. The largest absolute Gasteiger partial charge is 0.464 e. The summed E-state index contributed by atoms with van der Waals surface area (Å²) < 4.78 is 4.66. The molecule has 0 spiro atoms. The Balaban J connectivity index is 2.09. The van der Waals surface area contributed by atoms with E-state index in [4.69, 9.17) is 0 Å². The van der Waals surface area contributed by atoms with Gasteiger partial charge in [-0.3, -0.25) is 0 Å². The first-order valence-corrected chi connectivity index (χ1v) is 6.28. The SMILES string of the molecule is COC(=O)c1nc(-c2c[nH]c3ccccc23)cs1. The molecule has 0 fully saturated rings. The van der Waals surface area contributed by atoms with E-state index in [0.717, 1.165) is 22.2 Å². The number of nitrogens with zero attached hydrogens (tertiary/aromatic N) is 1. The van der Waals surface area contributed by atoms with Crippen molar-refractivity contribution in [2.45, 2.75) is 0 Å². The number of carbonyl (C=O) groups excluding carboxylic acids is 1. The molecule has 2 aromatic heterocycles. The molecule has 0 aliphatic rings. The van der Waals surface area contributed by atoms with Crippen LogP contribution in [0.3, 0.4) is 0 Å². The predicted molar refractivity (Wildman–Crippen MR) is 70.7 cm³/mol. The average Bonchev–Trinajstić information content (AvgIpc) is 3.03. The van der Waals surface area contributed by atoms with Crippen molar-refractivity contribution in [1.82, 2.24) is 9.97 Å². The Morgan fingerprint density at radius 1 is 1.39 bits per heavy atom. The zero-order valence-electron chi connectivity index (χ0n) is 9.64. The Kier molecular flexibility index (Phi) is 2.60. The lowest BCUT2D eigenvalue weighted by molar-refractivity contribution is 0.0600. The Morgan fingerprint density at radius 2 is 2.22 bits per heavy atom. The Morgan fingerprint density at radius 3 is 3.06 bits per heavy atom. The standard InChI is InChI=1S/C13H10N2O2S/c1-17-13(16)12-15-11(7-18-12)9-6-14-10-5-3-2-4-8(9)10/h2-7,14H,1H3. The Hall–Kier alpha value is -2.14. The third-order valence-electron chi connectivity index (χ3n) is 2.73. The summed E-state index contributed by atoms with van der Waals surface area (Å²) in [6.07, 6.45) is 1.90. The second kappa shape index (κ2) is 4.27. The van der Waals surface area contributed by atoms with Gasteiger partial charge in [0.25, 0.3) is 0 Å². The molecule has 1 aromatic carbocycles. The van der Waals surface area contributed by atoms with E-state index in [1.165, 1.54) is 18.4 Å². The number of hydrogen-bond donors (Lipinski definition) is 1. The number of methoxy groups -OCH3 is 1. The van der Waals surface area contributed by atoms with E-state index in [1.807, 2.05) is 35.8 Å². The van der Waals surface area contributed by atoms with Crippen molar-refractivity contribution in [3.05, 3.63) is 40.8 Å². The van der Waals surface area contributed by atoms with Crippen LogP contribution in [0.4, 0.5) is 0 Å². The van der Waals surface area contributed by atoms with Gasteiger partial charge in [-0.2, -0.15) is 0 Å². The first-order valence-electron chi connectivity index (χ1n) is 5.40. The van der Waals surface area contributed by atoms with Gasteiger partial charge in [-0.25, -0.2) is 9.78 Å². The molecule has 5 heteroatoms. The number of carbonyl (C=O) groups is 1. The molecule has 0 aliphatic carbocycles. The summed E-state index contributed by atoms with van der Waals surface area (Å²) in [6.45, 7) is 0. The minimum Gasteiger partial charge on any atom is -0.464 e. The molecule has 0 saturated carbocycles. The molecule has 0 aliphatic heterocycles. The van der Waals surface area contributed by atoms with Crippen LogP contribution in [0.5, 0.6) is 0 Å². The molecular formula is C13H10N2O2S. The number of ether oxygens (including phenoxy) is 1. The minimum absolute atomic E-state index is 0.373. The van der Waals surface area contributed by atoms with Crippen LogP contribution < -0.4 is 0 Å². The van der Waals surface area contributed by atoms with Crippen molar-refractivity contribution in [2.24, 2.45) is 0 Å². The maximum Gasteiger partial charge on any atom is 0.367 e. The molecule has 0 radical (unpaired) electrons. The number of aromatic nitrogens is 2. The van der Waals surface area contributed by atoms with Gasteiger partial charge in [-0.1, -0.05) is 18.2 Å². The quantitative estimate of drug-likeness (QED) is 0.719. The van der Waals surface area contributed by atoms with Crippen LogP contribution in [0, 0.1) is 0 Å². The fourth-order valence-corrected chi connectivity index (χ4v) is 2.60. The van der Waals surface area contributed by atoms with E-state index in [-0.39, 0.29) is 0 Å². The molecule has 1 N–H and O–H groups in total. The Bertz CT molecular complexity index is 714. The fraction of sp³-hybridized carbons (Fsp3) is 0.0769. The summed E-state index contributed by atoms with van der Waals surface area (Å²) in [5, 5.41) is 3.33. The van der Waals surface area contributed by atoms with Crippen LogP contribution in [0.15, 0.2) is 35.8 Å². The van der Waals surface area contributed by atoms with E-state index < -0.39 is 5.97 Å². The molecule has 4 nitrogen and oxygen atoms in total. The zero-order chi connectivity index (χ0) is 12.5. The van der Waals surface area contributed by atoms with Gasteiger partial charge in [-0.05, 0) is 6.07 Å². The number of hydrogen-bond acceptors (Lipinski definition) is 4. The number of rotatable bonds is 2. The minimum atomic E-state index is -0.397. The van der Waals surface area contributed by atoms with E-state index in [9.17, 15) is 4.79 Å². The van der Waals surface area contributed by atoms with Gasteiger partial charge in [-0.15, -0.1) is 11.3 Å². The molecular weight excluding hydrogens is 248 g/mol. The van der Waals surface area contributed by atoms with Crippen molar-refractivity contribution < 1.29 is 9.53 Å². The average molecular weight is 258 g/mol. The molecule has 0 amide bonds. The Labute approximate surface area is 107 Å². The molecule has 3 aromatic rings. The van der Waals surface area contributed by atoms with Gasteiger partial charge in [0.05, 0.1) is 12.8 Å². The number of H-pyrrole nitrogens is 1.